The number of hydrogen-bond acceptors (Lipinski definition) is 5. The molecule has 5 heterocycles. The van der Waals surface area contributed by atoms with Crippen LogP contribution >= 0.6 is 0 Å². The average molecular weight is 370 g/mol. The lowest BCUT2D eigenvalue weighted by atomic mass is 10.1. The lowest BCUT2D eigenvalue weighted by molar-refractivity contribution is 0.0699. The van der Waals surface area contributed by atoms with Crippen LogP contribution in [0.2, 0.25) is 0 Å². The minimum Gasteiger partial charge on any atom is -0.478 e. The fourth-order valence-corrected chi connectivity index (χ4v) is 3.30. The Kier molecular flexibility index (Phi) is 3.45. The van der Waals surface area contributed by atoms with Gasteiger partial charge in [0.25, 0.3) is 0 Å². The summed E-state index contributed by atoms with van der Waals surface area (Å²) >= 11 is 0. The van der Waals surface area contributed by atoms with Crippen molar-refractivity contribution in [1.82, 2.24) is 29.4 Å². The van der Waals surface area contributed by atoms with Gasteiger partial charge in [0, 0.05) is 29.0 Å². The molecule has 0 unspecified atom stereocenters. The molecule has 136 valence electrons. The van der Waals surface area contributed by atoms with Crippen LogP contribution in [0.3, 0.4) is 0 Å². The maximum absolute atomic E-state index is 11.5. The summed E-state index contributed by atoms with van der Waals surface area (Å²) in [5, 5.41) is 19.0. The van der Waals surface area contributed by atoms with Crippen molar-refractivity contribution < 1.29 is 9.90 Å². The summed E-state index contributed by atoms with van der Waals surface area (Å²) in [6.07, 6.45) is 4.77. The van der Waals surface area contributed by atoms with Crippen LogP contribution in [0.5, 0.6) is 0 Å². The van der Waals surface area contributed by atoms with E-state index in [1.165, 1.54) is 6.20 Å². The Hall–Kier alpha value is -4.07. The summed E-state index contributed by atoms with van der Waals surface area (Å²) in [6.45, 7) is 1.92. The number of aromatic carboxylic acids is 1. The number of rotatable bonds is 3. The van der Waals surface area contributed by atoms with Crippen molar-refractivity contribution >= 4 is 22.5 Å². The first-order valence-electron chi connectivity index (χ1n) is 8.60. The smallest absolute Gasteiger partial charge is 0.339 e. The van der Waals surface area contributed by atoms with E-state index in [4.69, 9.17) is 0 Å². The standard InChI is InChI=1S/C20H14N6O2/c1-12-4-2-6-17(23-12)26-18(14-5-3-8-21-19(14)24-26)13-7-9-25-16(10-13)15(11-22-25)20(27)28/h2-11H,1H3,(H,27,28). The Labute approximate surface area is 158 Å². The zero-order valence-electron chi connectivity index (χ0n) is 14.8. The van der Waals surface area contributed by atoms with E-state index >= 15 is 0 Å². The van der Waals surface area contributed by atoms with Crippen LogP contribution in [-0.2, 0) is 0 Å². The largest absolute Gasteiger partial charge is 0.478 e. The topological polar surface area (TPSA) is 98.2 Å². The van der Waals surface area contributed by atoms with E-state index in [1.54, 1.807) is 27.7 Å². The van der Waals surface area contributed by atoms with Gasteiger partial charge in [0.05, 0.1) is 17.4 Å². The Morgan fingerprint density at radius 1 is 1.14 bits per heavy atom. The second-order valence-corrected chi connectivity index (χ2v) is 6.38. The quantitative estimate of drug-likeness (QED) is 0.524. The molecule has 0 saturated heterocycles. The number of pyridine rings is 3. The highest BCUT2D eigenvalue weighted by atomic mass is 16.4. The van der Waals surface area contributed by atoms with Crippen molar-refractivity contribution in [1.29, 1.82) is 0 Å². The second-order valence-electron chi connectivity index (χ2n) is 6.38. The van der Waals surface area contributed by atoms with Gasteiger partial charge in [0.15, 0.2) is 11.5 Å². The first-order chi connectivity index (χ1) is 13.6. The molecule has 0 radical (unpaired) electrons. The lowest BCUT2D eigenvalue weighted by Gasteiger charge is -2.08. The van der Waals surface area contributed by atoms with Gasteiger partial charge in [-0.25, -0.2) is 24.0 Å². The van der Waals surface area contributed by atoms with Crippen molar-refractivity contribution in [2.45, 2.75) is 6.92 Å². The number of carbonyl (C=O) groups is 1. The summed E-state index contributed by atoms with van der Waals surface area (Å²) in [7, 11) is 0. The maximum atomic E-state index is 11.5. The molecule has 0 amide bonds. The number of hydrogen-bond donors (Lipinski definition) is 1. The predicted octanol–water partition coefficient (Wildman–Crippen LogP) is 3.14. The molecular formula is C20H14N6O2. The molecule has 0 bridgehead atoms. The highest BCUT2D eigenvalue weighted by molar-refractivity contribution is 5.98. The van der Waals surface area contributed by atoms with Crippen LogP contribution in [0.1, 0.15) is 16.1 Å². The van der Waals surface area contributed by atoms with Crippen LogP contribution in [0.15, 0.2) is 61.1 Å². The summed E-state index contributed by atoms with van der Waals surface area (Å²) in [6, 6.07) is 13.2. The molecule has 0 aliphatic rings. The van der Waals surface area contributed by atoms with E-state index in [-0.39, 0.29) is 5.56 Å². The van der Waals surface area contributed by atoms with Gasteiger partial charge in [0.1, 0.15) is 5.56 Å². The number of nitrogens with zero attached hydrogens (tertiary/aromatic N) is 6. The number of carboxylic acids is 1. The number of aryl methyl sites for hydroxylation is 1. The molecule has 0 aliphatic carbocycles. The van der Waals surface area contributed by atoms with E-state index < -0.39 is 5.97 Å². The number of carboxylic acid groups (broad SMARTS) is 1. The second kappa shape index (κ2) is 5.98. The van der Waals surface area contributed by atoms with Crippen molar-refractivity contribution in [2.75, 3.05) is 0 Å². The van der Waals surface area contributed by atoms with Crippen LogP contribution in [0.4, 0.5) is 0 Å². The summed E-state index contributed by atoms with van der Waals surface area (Å²) in [5.74, 6) is -0.354. The highest BCUT2D eigenvalue weighted by Crippen LogP contribution is 2.31. The third-order valence-corrected chi connectivity index (χ3v) is 4.56. The fraction of sp³-hybridized carbons (Fsp3) is 0.0500. The predicted molar refractivity (Wildman–Crippen MR) is 103 cm³/mol. The molecule has 8 heteroatoms. The van der Waals surface area contributed by atoms with Crippen LogP contribution < -0.4 is 0 Å². The van der Waals surface area contributed by atoms with Gasteiger partial charge < -0.3 is 5.11 Å². The summed E-state index contributed by atoms with van der Waals surface area (Å²) < 4.78 is 3.28. The van der Waals surface area contributed by atoms with E-state index in [2.05, 4.69) is 20.2 Å². The zero-order chi connectivity index (χ0) is 19.3. The zero-order valence-corrected chi connectivity index (χ0v) is 14.8. The fourth-order valence-electron chi connectivity index (χ4n) is 3.30. The lowest BCUT2D eigenvalue weighted by Crippen LogP contribution is -2.03. The Morgan fingerprint density at radius 3 is 2.86 bits per heavy atom. The van der Waals surface area contributed by atoms with E-state index in [0.29, 0.717) is 17.0 Å². The van der Waals surface area contributed by atoms with E-state index in [1.807, 2.05) is 43.3 Å². The minimum absolute atomic E-state index is 0.143. The summed E-state index contributed by atoms with van der Waals surface area (Å²) in [5.41, 5.74) is 3.70. The average Bonchev–Trinajstić information content (AvgIpc) is 3.29. The van der Waals surface area contributed by atoms with Crippen molar-refractivity contribution in [3.8, 4) is 17.1 Å². The molecule has 0 saturated carbocycles. The first kappa shape index (κ1) is 16.1. The monoisotopic (exact) mass is 370 g/mol. The van der Waals surface area contributed by atoms with Crippen LogP contribution in [0, 0.1) is 6.92 Å². The molecule has 28 heavy (non-hydrogen) atoms. The van der Waals surface area contributed by atoms with Crippen molar-refractivity contribution in [2.24, 2.45) is 0 Å². The van der Waals surface area contributed by atoms with Gasteiger partial charge in [0.2, 0.25) is 0 Å². The van der Waals surface area contributed by atoms with Crippen molar-refractivity contribution in [3.05, 3.63) is 72.3 Å². The van der Waals surface area contributed by atoms with Gasteiger partial charge in [-0.3, -0.25) is 0 Å². The number of fused-ring (bicyclic) bond motifs is 2. The first-order valence-corrected chi connectivity index (χ1v) is 8.60. The third kappa shape index (κ3) is 2.43. The molecule has 0 fully saturated rings. The van der Waals surface area contributed by atoms with Gasteiger partial charge in [-0.15, -0.1) is 5.10 Å². The van der Waals surface area contributed by atoms with Gasteiger partial charge in [-0.1, -0.05) is 6.07 Å². The molecule has 0 aliphatic heterocycles. The molecule has 0 atom stereocenters. The Morgan fingerprint density at radius 2 is 2.04 bits per heavy atom. The normalized spacial score (nSPS) is 11.3. The van der Waals surface area contributed by atoms with Crippen LogP contribution in [-0.4, -0.2) is 40.4 Å². The van der Waals surface area contributed by atoms with Crippen LogP contribution in [0.25, 0.3) is 33.6 Å². The molecular weight excluding hydrogens is 356 g/mol. The Balaban J connectivity index is 1.83. The highest BCUT2D eigenvalue weighted by Gasteiger charge is 2.18. The molecule has 0 spiro atoms. The Bertz CT molecular complexity index is 1370. The summed E-state index contributed by atoms with van der Waals surface area (Å²) in [4.78, 5) is 20.5. The molecule has 8 nitrogen and oxygen atoms in total. The van der Waals surface area contributed by atoms with Gasteiger partial charge >= 0.3 is 5.97 Å². The third-order valence-electron chi connectivity index (χ3n) is 4.56. The SMILES string of the molecule is Cc1cccc(-n2nc3ncccc3c2-c2ccn3ncc(C(=O)O)c3c2)n1. The van der Waals surface area contributed by atoms with E-state index in [0.717, 1.165) is 22.3 Å². The molecule has 5 aromatic heterocycles. The molecule has 5 aromatic rings. The minimum atomic E-state index is -1.02. The molecule has 5 rings (SSSR count). The number of aromatic nitrogens is 6. The van der Waals surface area contributed by atoms with E-state index in [9.17, 15) is 9.90 Å². The molecule has 0 aromatic carbocycles. The molecule has 1 N–H and O–H groups in total. The van der Waals surface area contributed by atoms with Crippen molar-refractivity contribution in [3.63, 3.8) is 0 Å². The van der Waals surface area contributed by atoms with Gasteiger partial charge in [-0.05, 0) is 43.3 Å². The maximum Gasteiger partial charge on any atom is 0.339 e. The van der Waals surface area contributed by atoms with Gasteiger partial charge in [-0.2, -0.15) is 5.10 Å².